The zero-order chi connectivity index (χ0) is 15.3. The van der Waals surface area contributed by atoms with Gasteiger partial charge < -0.3 is 20.5 Å². The first-order chi connectivity index (χ1) is 9.17. The lowest BCUT2D eigenvalue weighted by molar-refractivity contribution is -0.155. The number of carboxylic acid groups (broad SMARTS) is 1. The molecule has 0 saturated heterocycles. The summed E-state index contributed by atoms with van der Waals surface area (Å²) in [6, 6.07) is -1.46. The number of carbonyl (C=O) groups excluding carboxylic acids is 2. The Morgan fingerprint density at radius 2 is 1.90 bits per heavy atom. The van der Waals surface area contributed by atoms with Crippen molar-refractivity contribution in [2.45, 2.75) is 64.1 Å². The number of ether oxygens (including phenoxy) is 1. The molecular weight excluding hydrogens is 264 g/mol. The molecule has 0 aromatic heterocycles. The second kappa shape index (κ2) is 6.58. The monoisotopic (exact) mass is 286 g/mol. The van der Waals surface area contributed by atoms with Gasteiger partial charge in [0.05, 0.1) is 0 Å². The van der Waals surface area contributed by atoms with Crippen LogP contribution >= 0.6 is 0 Å². The summed E-state index contributed by atoms with van der Waals surface area (Å²) in [6.07, 6.45) is 1.78. The third-order valence-electron chi connectivity index (χ3n) is 2.57. The third kappa shape index (κ3) is 6.96. The molecule has 0 bridgehead atoms. The first-order valence-corrected chi connectivity index (χ1v) is 6.69. The van der Waals surface area contributed by atoms with Crippen LogP contribution in [0.1, 0.15) is 46.5 Å². The number of aliphatic carboxylic acids is 1. The molecule has 114 valence electrons. The number of urea groups is 1. The number of esters is 1. The summed E-state index contributed by atoms with van der Waals surface area (Å²) in [4.78, 5) is 34.0. The Morgan fingerprint density at radius 1 is 1.30 bits per heavy atom. The molecule has 1 atom stereocenters. The van der Waals surface area contributed by atoms with Crippen LogP contribution in [0.4, 0.5) is 4.79 Å². The van der Waals surface area contributed by atoms with Crippen LogP contribution in [0.15, 0.2) is 0 Å². The highest BCUT2D eigenvalue weighted by Crippen LogP contribution is 2.18. The molecule has 1 fully saturated rings. The van der Waals surface area contributed by atoms with E-state index in [1.807, 2.05) is 0 Å². The van der Waals surface area contributed by atoms with Gasteiger partial charge >= 0.3 is 18.0 Å². The predicted molar refractivity (Wildman–Crippen MR) is 71.2 cm³/mol. The van der Waals surface area contributed by atoms with E-state index in [2.05, 4.69) is 10.6 Å². The van der Waals surface area contributed by atoms with E-state index < -0.39 is 29.6 Å². The minimum absolute atomic E-state index is 0.00231. The maximum atomic E-state index is 11.5. The molecule has 1 aliphatic carbocycles. The minimum Gasteiger partial charge on any atom is -0.480 e. The van der Waals surface area contributed by atoms with E-state index in [1.165, 1.54) is 0 Å². The summed E-state index contributed by atoms with van der Waals surface area (Å²) >= 11 is 0. The quantitative estimate of drug-likeness (QED) is 0.632. The van der Waals surface area contributed by atoms with E-state index in [0.29, 0.717) is 0 Å². The number of rotatable bonds is 6. The van der Waals surface area contributed by atoms with Crippen molar-refractivity contribution >= 4 is 18.0 Å². The summed E-state index contributed by atoms with van der Waals surface area (Å²) in [5.41, 5.74) is -0.605. The lowest BCUT2D eigenvalue weighted by atomic mass is 10.1. The molecule has 0 spiro atoms. The van der Waals surface area contributed by atoms with Crippen molar-refractivity contribution in [2.24, 2.45) is 0 Å². The molecule has 20 heavy (non-hydrogen) atoms. The van der Waals surface area contributed by atoms with Gasteiger partial charge in [0.1, 0.15) is 11.6 Å². The van der Waals surface area contributed by atoms with Crippen molar-refractivity contribution in [1.82, 2.24) is 10.6 Å². The van der Waals surface area contributed by atoms with Gasteiger partial charge in [-0.05, 0) is 40.0 Å². The van der Waals surface area contributed by atoms with Crippen LogP contribution in [0.3, 0.4) is 0 Å². The fraction of sp³-hybridized carbons (Fsp3) is 0.769. The van der Waals surface area contributed by atoms with Gasteiger partial charge in [0.25, 0.3) is 0 Å². The van der Waals surface area contributed by atoms with E-state index >= 15 is 0 Å². The fourth-order valence-electron chi connectivity index (χ4n) is 1.53. The van der Waals surface area contributed by atoms with Gasteiger partial charge in [-0.25, -0.2) is 9.59 Å². The largest absolute Gasteiger partial charge is 0.480 e. The van der Waals surface area contributed by atoms with Gasteiger partial charge in [-0.2, -0.15) is 0 Å². The molecule has 1 saturated carbocycles. The number of carbonyl (C=O) groups is 3. The molecule has 0 unspecified atom stereocenters. The summed E-state index contributed by atoms with van der Waals surface area (Å²) in [5.74, 6) is -1.65. The fourth-order valence-corrected chi connectivity index (χ4v) is 1.53. The van der Waals surface area contributed by atoms with Crippen molar-refractivity contribution in [3.05, 3.63) is 0 Å². The Balaban J connectivity index is 2.36. The van der Waals surface area contributed by atoms with Crippen LogP contribution in [0, 0.1) is 0 Å². The van der Waals surface area contributed by atoms with E-state index in [-0.39, 0.29) is 18.9 Å². The third-order valence-corrected chi connectivity index (χ3v) is 2.57. The first kappa shape index (κ1) is 16.3. The average Bonchev–Trinajstić information content (AvgIpc) is 3.05. The van der Waals surface area contributed by atoms with Crippen LogP contribution in [-0.4, -0.2) is 40.8 Å². The van der Waals surface area contributed by atoms with Crippen molar-refractivity contribution in [2.75, 3.05) is 0 Å². The molecule has 7 nitrogen and oxygen atoms in total. The lowest BCUT2D eigenvalue weighted by Crippen LogP contribution is -2.46. The maximum Gasteiger partial charge on any atom is 0.326 e. The zero-order valence-corrected chi connectivity index (χ0v) is 12.1. The average molecular weight is 286 g/mol. The van der Waals surface area contributed by atoms with Gasteiger partial charge in [-0.3, -0.25) is 4.79 Å². The number of carboxylic acids is 1. The van der Waals surface area contributed by atoms with Gasteiger partial charge in [0, 0.05) is 12.5 Å². The van der Waals surface area contributed by atoms with E-state index in [1.54, 1.807) is 20.8 Å². The Labute approximate surface area is 118 Å². The highest BCUT2D eigenvalue weighted by molar-refractivity contribution is 5.83. The van der Waals surface area contributed by atoms with Crippen molar-refractivity contribution < 1.29 is 24.2 Å². The van der Waals surface area contributed by atoms with Crippen molar-refractivity contribution in [3.63, 3.8) is 0 Å². The molecular formula is C13H22N2O5. The topological polar surface area (TPSA) is 105 Å². The summed E-state index contributed by atoms with van der Waals surface area (Å²) in [5, 5.41) is 14.0. The van der Waals surface area contributed by atoms with Gasteiger partial charge in [-0.15, -0.1) is 0 Å². The molecule has 0 heterocycles. The first-order valence-electron chi connectivity index (χ1n) is 6.69. The van der Waals surface area contributed by atoms with Gasteiger partial charge in [0.15, 0.2) is 0 Å². The highest BCUT2D eigenvalue weighted by atomic mass is 16.6. The maximum absolute atomic E-state index is 11.5. The molecule has 3 N–H and O–H groups in total. The van der Waals surface area contributed by atoms with Crippen LogP contribution in [0.25, 0.3) is 0 Å². The summed E-state index contributed by atoms with van der Waals surface area (Å²) in [7, 11) is 0. The molecule has 0 radical (unpaired) electrons. The number of amides is 2. The summed E-state index contributed by atoms with van der Waals surface area (Å²) in [6.45, 7) is 5.21. The van der Waals surface area contributed by atoms with Crippen LogP contribution in [-0.2, 0) is 14.3 Å². The van der Waals surface area contributed by atoms with Crippen LogP contribution in [0.2, 0.25) is 0 Å². The predicted octanol–water partition coefficient (Wildman–Crippen LogP) is 1.02. The minimum atomic E-state index is -1.17. The van der Waals surface area contributed by atoms with Gasteiger partial charge in [-0.1, -0.05) is 0 Å². The van der Waals surface area contributed by atoms with E-state index in [4.69, 9.17) is 9.84 Å². The van der Waals surface area contributed by atoms with E-state index in [9.17, 15) is 14.4 Å². The van der Waals surface area contributed by atoms with Crippen molar-refractivity contribution in [3.8, 4) is 0 Å². The molecule has 1 aliphatic rings. The van der Waals surface area contributed by atoms with Crippen molar-refractivity contribution in [1.29, 1.82) is 0 Å². The second-order valence-corrected chi connectivity index (χ2v) is 5.91. The number of nitrogens with one attached hydrogen (secondary N) is 2. The molecule has 0 aromatic rings. The second-order valence-electron chi connectivity index (χ2n) is 5.91. The zero-order valence-electron chi connectivity index (χ0n) is 12.1. The van der Waals surface area contributed by atoms with Crippen LogP contribution < -0.4 is 10.6 Å². The number of hydrogen-bond donors (Lipinski definition) is 3. The highest BCUT2D eigenvalue weighted by Gasteiger charge is 2.27. The Morgan fingerprint density at radius 3 is 2.35 bits per heavy atom. The summed E-state index contributed by atoms with van der Waals surface area (Å²) < 4.78 is 5.09. The van der Waals surface area contributed by atoms with Gasteiger partial charge in [0.2, 0.25) is 0 Å². The molecule has 1 rings (SSSR count). The molecule has 2 amide bonds. The lowest BCUT2D eigenvalue weighted by Gasteiger charge is -2.20. The van der Waals surface area contributed by atoms with Crippen LogP contribution in [0.5, 0.6) is 0 Å². The molecule has 0 aliphatic heterocycles. The Hall–Kier alpha value is -1.79. The Kier molecular flexibility index (Phi) is 5.35. The standard InChI is InChI=1S/C13H22N2O5/c1-13(2,3)20-10(16)7-6-9(11(17)18)15-12(19)14-8-4-5-8/h8-9H,4-7H2,1-3H3,(H,17,18)(H2,14,15,19)/t9-/m1/s1. The Bertz CT molecular complexity index is 385. The number of hydrogen-bond acceptors (Lipinski definition) is 4. The SMILES string of the molecule is CC(C)(C)OC(=O)CC[C@@H](NC(=O)NC1CC1)C(=O)O. The molecule has 0 aromatic carbocycles. The smallest absolute Gasteiger partial charge is 0.326 e. The van der Waals surface area contributed by atoms with E-state index in [0.717, 1.165) is 12.8 Å². The normalized spacial score (nSPS) is 16.1. The molecule has 7 heteroatoms.